The van der Waals surface area contributed by atoms with Crippen LogP contribution in [0.15, 0.2) is 84.6 Å². The van der Waals surface area contributed by atoms with Gasteiger partial charge in [0.15, 0.2) is 0 Å². The maximum atomic E-state index is 13.0. The van der Waals surface area contributed by atoms with Crippen molar-refractivity contribution in [1.82, 2.24) is 10.4 Å². The SMILES string of the molecule is C=C(C=C1C(=O)N(c2ccccc2)C1c1ccccc1)NOCCCN1CCCCC1. The van der Waals surface area contributed by atoms with Gasteiger partial charge in [-0.25, -0.2) is 0 Å². The molecular weight excluding hydrogens is 386 g/mol. The summed E-state index contributed by atoms with van der Waals surface area (Å²) in [5, 5.41) is 0. The molecule has 0 bridgehead atoms. The lowest BCUT2D eigenvalue weighted by Crippen LogP contribution is -2.49. The molecule has 1 unspecified atom stereocenters. The molecule has 4 rings (SSSR count). The van der Waals surface area contributed by atoms with Crippen LogP contribution >= 0.6 is 0 Å². The number of anilines is 1. The van der Waals surface area contributed by atoms with Gasteiger partial charge in [-0.1, -0.05) is 61.5 Å². The minimum Gasteiger partial charge on any atom is -0.303 e. The van der Waals surface area contributed by atoms with E-state index < -0.39 is 0 Å². The zero-order chi connectivity index (χ0) is 21.5. The molecule has 2 heterocycles. The molecule has 0 aliphatic carbocycles. The number of β-lactam (4-membered cyclic amide) rings is 1. The van der Waals surface area contributed by atoms with Crippen molar-refractivity contribution in [2.75, 3.05) is 31.1 Å². The quantitative estimate of drug-likeness (QED) is 0.280. The molecule has 5 nitrogen and oxygen atoms in total. The number of hydroxylamine groups is 1. The van der Waals surface area contributed by atoms with Crippen LogP contribution < -0.4 is 10.4 Å². The number of carbonyl (C=O) groups excluding carboxylic acids is 1. The summed E-state index contributed by atoms with van der Waals surface area (Å²) in [5.41, 5.74) is 6.18. The maximum Gasteiger partial charge on any atom is 0.257 e. The van der Waals surface area contributed by atoms with E-state index in [0.717, 1.165) is 24.2 Å². The normalized spacial score (nSPS) is 20.5. The number of allylic oxidation sites excluding steroid dienone is 1. The van der Waals surface area contributed by atoms with Crippen LogP contribution in [0.2, 0.25) is 0 Å². The fourth-order valence-corrected chi connectivity index (χ4v) is 4.31. The van der Waals surface area contributed by atoms with Gasteiger partial charge in [-0.2, -0.15) is 0 Å². The van der Waals surface area contributed by atoms with Crippen molar-refractivity contribution in [3.8, 4) is 0 Å². The predicted octanol–water partition coefficient (Wildman–Crippen LogP) is 4.61. The second-order valence-corrected chi connectivity index (χ2v) is 8.16. The third-order valence-corrected chi connectivity index (χ3v) is 5.87. The molecule has 162 valence electrons. The first-order chi connectivity index (χ1) is 15.2. The largest absolute Gasteiger partial charge is 0.303 e. The second-order valence-electron chi connectivity index (χ2n) is 8.16. The van der Waals surface area contributed by atoms with E-state index in [9.17, 15) is 4.79 Å². The van der Waals surface area contributed by atoms with E-state index in [1.54, 1.807) is 0 Å². The number of amides is 1. The first kappa shape index (κ1) is 21.3. The number of hydrogen-bond donors (Lipinski definition) is 1. The molecule has 2 aromatic rings. The van der Waals surface area contributed by atoms with Crippen LogP contribution in [-0.2, 0) is 9.63 Å². The summed E-state index contributed by atoms with van der Waals surface area (Å²) in [5.74, 6) is -0.00639. The Balaban J connectivity index is 1.35. The highest BCUT2D eigenvalue weighted by Crippen LogP contribution is 2.43. The molecule has 5 heteroatoms. The van der Waals surface area contributed by atoms with Gasteiger partial charge in [0, 0.05) is 17.8 Å². The number of likely N-dealkylation sites (tertiary alicyclic amines) is 1. The van der Waals surface area contributed by atoms with Crippen molar-refractivity contribution in [2.24, 2.45) is 0 Å². The van der Waals surface area contributed by atoms with Gasteiger partial charge in [0.1, 0.15) is 0 Å². The molecule has 1 amide bonds. The van der Waals surface area contributed by atoms with Gasteiger partial charge < -0.3 is 4.90 Å². The molecular formula is C26H31N3O2. The van der Waals surface area contributed by atoms with E-state index in [1.165, 1.54) is 32.4 Å². The van der Waals surface area contributed by atoms with Crippen molar-refractivity contribution >= 4 is 11.6 Å². The first-order valence-corrected chi connectivity index (χ1v) is 11.2. The van der Waals surface area contributed by atoms with Crippen LogP contribution in [0.1, 0.15) is 37.3 Å². The highest BCUT2D eigenvalue weighted by Gasteiger charge is 2.43. The first-order valence-electron chi connectivity index (χ1n) is 11.2. The Labute approximate surface area is 185 Å². The van der Waals surface area contributed by atoms with Crippen molar-refractivity contribution in [3.63, 3.8) is 0 Å². The predicted molar refractivity (Wildman–Crippen MR) is 124 cm³/mol. The molecule has 31 heavy (non-hydrogen) atoms. The molecule has 2 aliphatic rings. The zero-order valence-electron chi connectivity index (χ0n) is 18.0. The summed E-state index contributed by atoms with van der Waals surface area (Å²) in [6.07, 6.45) is 6.75. The van der Waals surface area contributed by atoms with E-state index in [1.807, 2.05) is 71.6 Å². The minimum atomic E-state index is -0.131. The van der Waals surface area contributed by atoms with Crippen LogP contribution in [0, 0.1) is 0 Å². The van der Waals surface area contributed by atoms with Crippen LogP contribution in [0.4, 0.5) is 5.69 Å². The summed E-state index contributed by atoms with van der Waals surface area (Å²) in [4.78, 5) is 22.9. The average Bonchev–Trinajstić information content (AvgIpc) is 2.82. The van der Waals surface area contributed by atoms with Crippen LogP contribution in [-0.4, -0.2) is 37.0 Å². The summed E-state index contributed by atoms with van der Waals surface area (Å²) in [6, 6.07) is 19.7. The lowest BCUT2D eigenvalue weighted by molar-refractivity contribution is -0.119. The van der Waals surface area contributed by atoms with Gasteiger partial charge >= 0.3 is 0 Å². The van der Waals surface area contributed by atoms with Gasteiger partial charge in [-0.3, -0.25) is 20.0 Å². The Bertz CT molecular complexity index is 905. The standard InChI is InChI=1S/C26H31N3O2/c1-21(27-31-19-11-18-28-16-9-4-10-17-28)20-24-25(22-12-5-2-6-13-22)29(26(24)30)23-14-7-3-8-15-23/h2-3,5-8,12-15,20,25,27H,1,4,9-11,16-19H2. The van der Waals surface area contributed by atoms with Gasteiger partial charge in [0.05, 0.1) is 18.3 Å². The fraction of sp³-hybridized carbons (Fsp3) is 0.346. The molecule has 0 aromatic heterocycles. The van der Waals surface area contributed by atoms with Crippen molar-refractivity contribution in [3.05, 3.63) is 90.2 Å². The van der Waals surface area contributed by atoms with E-state index in [4.69, 9.17) is 4.84 Å². The number of nitrogens with zero attached hydrogens (tertiary/aromatic N) is 2. The number of nitrogens with one attached hydrogen (secondary N) is 1. The summed E-state index contributed by atoms with van der Waals surface area (Å²) in [7, 11) is 0. The average molecular weight is 418 g/mol. The zero-order valence-corrected chi connectivity index (χ0v) is 18.0. The Kier molecular flexibility index (Phi) is 7.18. The van der Waals surface area contributed by atoms with Crippen molar-refractivity contribution < 1.29 is 9.63 Å². The van der Waals surface area contributed by atoms with Gasteiger partial charge in [0.25, 0.3) is 5.91 Å². The third-order valence-electron chi connectivity index (χ3n) is 5.87. The third kappa shape index (κ3) is 5.24. The van der Waals surface area contributed by atoms with Crippen molar-refractivity contribution in [2.45, 2.75) is 31.7 Å². The molecule has 2 fully saturated rings. The molecule has 2 saturated heterocycles. The van der Waals surface area contributed by atoms with Crippen LogP contribution in [0.3, 0.4) is 0 Å². The van der Waals surface area contributed by atoms with E-state index in [2.05, 4.69) is 17.0 Å². The maximum absolute atomic E-state index is 13.0. The lowest BCUT2D eigenvalue weighted by atomic mass is 9.86. The van der Waals surface area contributed by atoms with Gasteiger partial charge in [-0.15, -0.1) is 0 Å². The summed E-state index contributed by atoms with van der Waals surface area (Å²) < 4.78 is 0. The Morgan fingerprint density at radius 2 is 1.71 bits per heavy atom. The number of para-hydroxylation sites is 1. The molecule has 2 aliphatic heterocycles. The monoisotopic (exact) mass is 417 g/mol. The van der Waals surface area contributed by atoms with Gasteiger partial charge in [-0.05, 0) is 56.1 Å². The molecule has 1 atom stereocenters. The second kappa shape index (κ2) is 10.4. The highest BCUT2D eigenvalue weighted by molar-refractivity contribution is 6.15. The summed E-state index contributed by atoms with van der Waals surface area (Å²) >= 11 is 0. The van der Waals surface area contributed by atoms with E-state index in [-0.39, 0.29) is 11.9 Å². The molecule has 0 spiro atoms. The Hall–Kier alpha value is -2.89. The van der Waals surface area contributed by atoms with E-state index >= 15 is 0 Å². The number of carbonyl (C=O) groups is 1. The molecule has 0 radical (unpaired) electrons. The number of hydrogen-bond acceptors (Lipinski definition) is 4. The molecule has 0 saturated carbocycles. The Morgan fingerprint density at radius 1 is 1.03 bits per heavy atom. The number of benzene rings is 2. The van der Waals surface area contributed by atoms with Crippen LogP contribution in [0.25, 0.3) is 0 Å². The van der Waals surface area contributed by atoms with Gasteiger partial charge in [0.2, 0.25) is 0 Å². The molecule has 2 aromatic carbocycles. The lowest BCUT2D eigenvalue weighted by Gasteiger charge is -2.43. The summed E-state index contributed by atoms with van der Waals surface area (Å²) in [6.45, 7) is 8.12. The Morgan fingerprint density at radius 3 is 2.42 bits per heavy atom. The fourth-order valence-electron chi connectivity index (χ4n) is 4.31. The van der Waals surface area contributed by atoms with Crippen molar-refractivity contribution in [1.29, 1.82) is 0 Å². The topological polar surface area (TPSA) is 44.8 Å². The smallest absolute Gasteiger partial charge is 0.257 e. The van der Waals surface area contributed by atoms with E-state index in [0.29, 0.717) is 17.9 Å². The molecule has 1 N–H and O–H groups in total. The minimum absolute atomic E-state index is 0.00639. The number of piperidine rings is 1. The highest BCUT2D eigenvalue weighted by atomic mass is 16.6. The van der Waals surface area contributed by atoms with Crippen LogP contribution in [0.5, 0.6) is 0 Å². The number of rotatable bonds is 9.